The molecular weight excluding hydrogens is 268 g/mol. The van der Waals surface area contributed by atoms with Gasteiger partial charge < -0.3 is 26.5 Å². The number of hydrogen-bond donors (Lipinski definition) is 6. The van der Waals surface area contributed by atoms with E-state index in [1.54, 1.807) is 0 Å². The van der Waals surface area contributed by atoms with E-state index in [-0.39, 0.29) is 42.5 Å². The first-order valence-electron chi connectivity index (χ1n) is 4.17. The van der Waals surface area contributed by atoms with Gasteiger partial charge in [0.1, 0.15) is 12.2 Å². The minimum absolute atomic E-state index is 0. The third-order valence-corrected chi connectivity index (χ3v) is 2.56. The summed E-state index contributed by atoms with van der Waals surface area (Å²) in [6.45, 7) is -0.692. The monoisotopic (exact) mass is 283 g/mol. The fraction of sp³-hybridized carbons (Fsp3) is 0.833. The number of carbonyl (C=O) groups is 1. The van der Waals surface area contributed by atoms with Crippen molar-refractivity contribution >= 4 is 14.0 Å². The SMILES string of the molecule is O=CN(O)C[C@H](O)[C@H](O)[C@H](O)CP(=O)(O)O.[H-].[Na+]. The zero-order valence-electron chi connectivity index (χ0n) is 10.1. The normalized spacial score (nSPS) is 16.6. The second-order valence-corrected chi connectivity index (χ2v) is 4.89. The Hall–Kier alpha value is 0.460. The van der Waals surface area contributed by atoms with Crippen LogP contribution >= 0.6 is 7.60 Å². The molecule has 11 heteroatoms. The molecule has 0 saturated heterocycles. The van der Waals surface area contributed by atoms with E-state index < -0.39 is 38.6 Å². The second-order valence-electron chi connectivity index (χ2n) is 3.20. The van der Waals surface area contributed by atoms with E-state index in [2.05, 4.69) is 0 Å². The third kappa shape index (κ3) is 9.09. The van der Waals surface area contributed by atoms with Crippen molar-refractivity contribution in [2.45, 2.75) is 18.3 Å². The van der Waals surface area contributed by atoms with Crippen LogP contribution in [0.5, 0.6) is 0 Å². The van der Waals surface area contributed by atoms with Crippen LogP contribution < -0.4 is 29.6 Å². The van der Waals surface area contributed by atoms with Crippen molar-refractivity contribution in [2.24, 2.45) is 0 Å². The van der Waals surface area contributed by atoms with Crippen molar-refractivity contribution < 1.29 is 70.7 Å². The van der Waals surface area contributed by atoms with E-state index in [9.17, 15) is 14.5 Å². The summed E-state index contributed by atoms with van der Waals surface area (Å²) < 4.78 is 10.5. The molecule has 0 spiro atoms. The number of hydroxylamine groups is 2. The Kier molecular flexibility index (Phi) is 9.95. The number of aliphatic hydroxyl groups is 3. The number of aliphatic hydroxyl groups excluding tert-OH is 3. The van der Waals surface area contributed by atoms with Crippen molar-refractivity contribution in [1.82, 2.24) is 5.06 Å². The first kappa shape index (κ1) is 19.8. The minimum atomic E-state index is -4.52. The summed E-state index contributed by atoms with van der Waals surface area (Å²) in [6.07, 6.45) is -6.54. The molecule has 17 heavy (non-hydrogen) atoms. The molecule has 0 aromatic rings. The zero-order valence-corrected chi connectivity index (χ0v) is 12.0. The molecule has 0 aromatic carbocycles. The molecule has 0 aromatic heterocycles. The van der Waals surface area contributed by atoms with Crippen molar-refractivity contribution in [3.8, 4) is 0 Å². The van der Waals surface area contributed by atoms with Crippen LogP contribution in [-0.2, 0) is 9.36 Å². The molecule has 3 atom stereocenters. The molecule has 6 N–H and O–H groups in total. The summed E-state index contributed by atoms with van der Waals surface area (Å²) in [6, 6.07) is 0. The largest absolute Gasteiger partial charge is 1.00 e. The molecule has 0 rings (SSSR count). The molecule has 0 aliphatic heterocycles. The topological polar surface area (TPSA) is 159 Å². The Morgan fingerprint density at radius 2 is 1.71 bits per heavy atom. The van der Waals surface area contributed by atoms with Gasteiger partial charge in [-0.05, 0) is 0 Å². The van der Waals surface area contributed by atoms with E-state index in [1.807, 2.05) is 0 Å². The molecule has 0 unspecified atom stereocenters. The van der Waals surface area contributed by atoms with Crippen LogP contribution in [0.4, 0.5) is 0 Å². The summed E-state index contributed by atoms with van der Waals surface area (Å²) in [5.41, 5.74) is 0. The van der Waals surface area contributed by atoms with E-state index in [1.165, 1.54) is 0 Å². The van der Waals surface area contributed by atoms with Crippen LogP contribution in [0.1, 0.15) is 1.43 Å². The fourth-order valence-electron chi connectivity index (χ4n) is 0.951. The third-order valence-electron chi connectivity index (χ3n) is 1.71. The molecule has 9 nitrogen and oxygen atoms in total. The van der Waals surface area contributed by atoms with Crippen LogP contribution in [0.25, 0.3) is 0 Å². The van der Waals surface area contributed by atoms with Gasteiger partial charge in [-0.1, -0.05) is 0 Å². The summed E-state index contributed by atoms with van der Waals surface area (Å²) in [7, 11) is -4.52. The van der Waals surface area contributed by atoms with Gasteiger partial charge in [0.2, 0.25) is 6.41 Å². The summed E-state index contributed by atoms with van der Waals surface area (Å²) >= 11 is 0. The minimum Gasteiger partial charge on any atom is -1.00 e. The maximum absolute atomic E-state index is 10.5. The quantitative estimate of drug-likeness (QED) is 0.0886. The molecule has 98 valence electrons. The van der Waals surface area contributed by atoms with E-state index in [0.29, 0.717) is 0 Å². The summed E-state index contributed by atoms with van der Waals surface area (Å²) in [5.74, 6) is 0. The molecule has 0 aliphatic carbocycles. The van der Waals surface area contributed by atoms with Crippen molar-refractivity contribution in [3.05, 3.63) is 0 Å². The van der Waals surface area contributed by atoms with Gasteiger partial charge in [-0.25, -0.2) is 5.06 Å². The van der Waals surface area contributed by atoms with E-state index in [4.69, 9.17) is 25.2 Å². The summed E-state index contributed by atoms with van der Waals surface area (Å²) in [5, 5.41) is 36.2. The summed E-state index contributed by atoms with van der Waals surface area (Å²) in [4.78, 5) is 26.9. The number of nitrogens with zero attached hydrogens (tertiary/aromatic N) is 1. The van der Waals surface area contributed by atoms with Gasteiger partial charge >= 0.3 is 37.2 Å². The Bertz CT molecular complexity index is 278. The molecule has 0 saturated carbocycles. The van der Waals surface area contributed by atoms with Crippen molar-refractivity contribution in [3.63, 3.8) is 0 Å². The molecule has 0 bridgehead atoms. The van der Waals surface area contributed by atoms with Gasteiger partial charge in [-0.3, -0.25) is 14.6 Å². The standard InChI is InChI=1S/C6H14NO8P.Na.H/c8-3-7(12)1-4(9)6(11)5(10)2-16(13,14)15;;/h3-6,9-12H,1-2H2,(H2,13,14,15);;/q;+1;-1/t4-,5+,6-;;/m0../s1. The first-order valence-corrected chi connectivity index (χ1v) is 5.96. The molecule has 1 amide bonds. The maximum Gasteiger partial charge on any atom is 1.00 e. The Morgan fingerprint density at radius 1 is 1.24 bits per heavy atom. The predicted octanol–water partition coefficient (Wildman–Crippen LogP) is -5.79. The Morgan fingerprint density at radius 3 is 2.06 bits per heavy atom. The smallest absolute Gasteiger partial charge is 1.00 e. The van der Waals surface area contributed by atoms with Gasteiger partial charge in [0.25, 0.3) is 0 Å². The maximum atomic E-state index is 10.5. The molecule has 0 fully saturated rings. The number of hydrogen-bond acceptors (Lipinski definition) is 6. The van der Waals surface area contributed by atoms with E-state index in [0.717, 1.165) is 0 Å². The van der Waals surface area contributed by atoms with Crippen LogP contribution in [0.2, 0.25) is 0 Å². The zero-order chi connectivity index (χ0) is 12.9. The van der Waals surface area contributed by atoms with Crippen LogP contribution in [0.15, 0.2) is 0 Å². The molecule has 0 aliphatic rings. The predicted molar refractivity (Wildman–Crippen MR) is 50.6 cm³/mol. The van der Waals surface area contributed by atoms with Gasteiger partial charge in [-0.2, -0.15) is 0 Å². The molecular formula is C6H15NNaO8P. The van der Waals surface area contributed by atoms with Gasteiger partial charge in [0, 0.05) is 0 Å². The average molecular weight is 283 g/mol. The Balaban J connectivity index is -0.00000112. The van der Waals surface area contributed by atoms with Crippen molar-refractivity contribution in [1.29, 1.82) is 0 Å². The fourth-order valence-corrected chi connectivity index (χ4v) is 1.65. The average Bonchev–Trinajstić information content (AvgIpc) is 2.13. The number of rotatable bonds is 7. The van der Waals surface area contributed by atoms with Gasteiger partial charge in [-0.15, -0.1) is 0 Å². The Labute approximate surface area is 121 Å². The van der Waals surface area contributed by atoms with E-state index >= 15 is 0 Å². The molecule has 0 radical (unpaired) electrons. The second kappa shape index (κ2) is 8.54. The number of carbonyl (C=O) groups excluding carboxylic acids is 1. The van der Waals surface area contributed by atoms with Crippen LogP contribution in [-0.4, -0.2) is 72.8 Å². The first-order chi connectivity index (χ1) is 7.17. The van der Waals surface area contributed by atoms with Gasteiger partial charge in [0.05, 0.1) is 18.8 Å². The van der Waals surface area contributed by atoms with Crippen molar-refractivity contribution in [2.75, 3.05) is 12.7 Å². The number of amides is 1. The van der Waals surface area contributed by atoms with Crippen LogP contribution in [0, 0.1) is 0 Å². The van der Waals surface area contributed by atoms with Gasteiger partial charge in [0.15, 0.2) is 0 Å². The van der Waals surface area contributed by atoms with Crippen LogP contribution in [0.3, 0.4) is 0 Å². The molecule has 0 heterocycles.